The van der Waals surface area contributed by atoms with Crippen LogP contribution in [0.1, 0.15) is 80.9 Å². The van der Waals surface area contributed by atoms with E-state index in [-0.39, 0.29) is 29.9 Å². The van der Waals surface area contributed by atoms with Crippen LogP contribution in [-0.4, -0.2) is 60.7 Å². The Balaban J connectivity index is 1.20. The summed E-state index contributed by atoms with van der Waals surface area (Å²) in [4.78, 5) is 35.8. The Bertz CT molecular complexity index is 1040. The van der Waals surface area contributed by atoms with Crippen molar-refractivity contribution in [1.82, 2.24) is 21.3 Å². The highest BCUT2D eigenvalue weighted by Gasteiger charge is 2.42. The quantitative estimate of drug-likeness (QED) is 0.0671. The molecule has 4 amide bonds. The van der Waals surface area contributed by atoms with Gasteiger partial charge in [-0.05, 0) is 50.7 Å². The van der Waals surface area contributed by atoms with Crippen molar-refractivity contribution >= 4 is 53.1 Å². The molecule has 13 heteroatoms. The van der Waals surface area contributed by atoms with Crippen LogP contribution in [0, 0.1) is 0 Å². The number of thioether (sulfide) groups is 1. The van der Waals surface area contributed by atoms with Gasteiger partial charge in [0.2, 0.25) is 11.8 Å². The molecule has 4 atom stereocenters. The first-order valence-corrected chi connectivity index (χ1v) is 18.2. The van der Waals surface area contributed by atoms with Crippen LogP contribution in [0.15, 0.2) is 24.3 Å². The minimum Gasteiger partial charge on any atom is -0.356 e. The van der Waals surface area contributed by atoms with Gasteiger partial charge in [0.25, 0.3) is 0 Å². The monoisotopic (exact) mass is 674 g/mol. The minimum atomic E-state index is -3.31. The molecule has 2 fully saturated rings. The number of carbonyl (C=O) groups excluding carboxylic acids is 3. The van der Waals surface area contributed by atoms with E-state index in [2.05, 4.69) is 37.2 Å². The van der Waals surface area contributed by atoms with Crippen molar-refractivity contribution in [2.24, 2.45) is 0 Å². The molecule has 0 aromatic heterocycles. The van der Waals surface area contributed by atoms with E-state index in [9.17, 15) is 18.9 Å². The third kappa shape index (κ3) is 10.9. The van der Waals surface area contributed by atoms with Gasteiger partial charge in [0.1, 0.15) is 4.57 Å². The maximum absolute atomic E-state index is 13.0. The van der Waals surface area contributed by atoms with Crippen molar-refractivity contribution in [3.63, 3.8) is 0 Å². The zero-order valence-corrected chi connectivity index (χ0v) is 27.3. The van der Waals surface area contributed by atoms with Gasteiger partial charge < -0.3 is 30.3 Å². The molecule has 41 heavy (non-hydrogen) atoms. The summed E-state index contributed by atoms with van der Waals surface area (Å²) in [5.41, 5.74) is 1.73. The molecule has 230 valence electrons. The van der Waals surface area contributed by atoms with Crippen LogP contribution in [0.25, 0.3) is 0 Å². The second-order valence-electron chi connectivity index (χ2n) is 10.3. The van der Waals surface area contributed by atoms with Crippen LogP contribution in [0.4, 0.5) is 4.79 Å². The Hall–Kier alpha value is -1.59. The first-order valence-electron chi connectivity index (χ1n) is 14.6. The molecule has 0 spiro atoms. The predicted octanol–water partition coefficient (Wildman–Crippen LogP) is 5.36. The van der Waals surface area contributed by atoms with E-state index >= 15 is 0 Å². The number of unbranched alkanes of at least 4 members (excludes halogenated alkanes) is 3. The SMILES string of the molecule is CCOP(=O)(OCC)C(Br)c1ccc(CNC(=O)CCCCCNC(=O)CCCCC2SCC3NC(=O)NC32)cc1. The summed E-state index contributed by atoms with van der Waals surface area (Å²) in [7, 11) is -3.31. The molecule has 0 saturated carbocycles. The van der Waals surface area contributed by atoms with Crippen molar-refractivity contribution in [2.45, 2.75) is 93.7 Å². The topological polar surface area (TPSA) is 135 Å². The van der Waals surface area contributed by atoms with Crippen molar-refractivity contribution in [2.75, 3.05) is 25.5 Å². The lowest BCUT2D eigenvalue weighted by Gasteiger charge is -2.22. The van der Waals surface area contributed by atoms with Gasteiger partial charge in [-0.2, -0.15) is 11.8 Å². The van der Waals surface area contributed by atoms with E-state index in [0.29, 0.717) is 44.4 Å². The highest BCUT2D eigenvalue weighted by atomic mass is 79.9. The molecule has 1 aromatic carbocycles. The number of benzene rings is 1. The molecule has 10 nitrogen and oxygen atoms in total. The fraction of sp³-hybridized carbons (Fsp3) is 0.679. The lowest BCUT2D eigenvalue weighted by atomic mass is 10.0. The fourth-order valence-corrected chi connectivity index (χ4v) is 9.12. The van der Waals surface area contributed by atoms with Gasteiger partial charge in [-0.15, -0.1) is 0 Å². The van der Waals surface area contributed by atoms with Gasteiger partial charge in [-0.25, -0.2) is 4.79 Å². The van der Waals surface area contributed by atoms with Crippen LogP contribution in [0.2, 0.25) is 0 Å². The fourth-order valence-electron chi connectivity index (χ4n) is 4.97. The Morgan fingerprint density at radius 3 is 2.34 bits per heavy atom. The number of hydrogen-bond donors (Lipinski definition) is 4. The molecule has 1 aromatic rings. The Labute approximate surface area is 256 Å². The number of alkyl halides is 1. The Kier molecular flexibility index (Phi) is 14.5. The summed E-state index contributed by atoms with van der Waals surface area (Å²) >= 11 is 5.37. The lowest BCUT2D eigenvalue weighted by molar-refractivity contribution is -0.122. The van der Waals surface area contributed by atoms with Crippen molar-refractivity contribution in [1.29, 1.82) is 0 Å². The van der Waals surface area contributed by atoms with Gasteiger partial charge in [0, 0.05) is 36.9 Å². The maximum atomic E-state index is 13.0. The summed E-state index contributed by atoms with van der Waals surface area (Å²) < 4.78 is 23.2. The zero-order valence-electron chi connectivity index (χ0n) is 24.0. The van der Waals surface area contributed by atoms with Crippen molar-refractivity contribution in [3.05, 3.63) is 35.4 Å². The number of rotatable bonds is 19. The van der Waals surface area contributed by atoms with Gasteiger partial charge in [-0.1, -0.05) is 53.0 Å². The van der Waals surface area contributed by atoms with Gasteiger partial charge in [0.05, 0.1) is 25.3 Å². The molecule has 2 aliphatic rings. The summed E-state index contributed by atoms with van der Waals surface area (Å²) in [6, 6.07) is 7.90. The van der Waals surface area contributed by atoms with Crippen LogP contribution in [-0.2, 0) is 29.7 Å². The van der Waals surface area contributed by atoms with Crippen LogP contribution in [0.3, 0.4) is 0 Å². The largest absolute Gasteiger partial charge is 0.356 e. The highest BCUT2D eigenvalue weighted by molar-refractivity contribution is 9.10. The normalized spacial score (nSPS) is 20.7. The number of urea groups is 1. The molecule has 2 heterocycles. The first kappa shape index (κ1) is 33.9. The predicted molar refractivity (Wildman–Crippen MR) is 166 cm³/mol. The van der Waals surface area contributed by atoms with E-state index in [1.807, 2.05) is 36.0 Å². The van der Waals surface area contributed by atoms with Gasteiger partial charge in [-0.3, -0.25) is 14.2 Å². The minimum absolute atomic E-state index is 0.00614. The summed E-state index contributed by atoms with van der Waals surface area (Å²) in [6.07, 6.45) is 6.28. The summed E-state index contributed by atoms with van der Waals surface area (Å²) in [5.74, 6) is 1.03. The van der Waals surface area contributed by atoms with Crippen molar-refractivity contribution in [3.8, 4) is 0 Å². The maximum Gasteiger partial charge on any atom is 0.348 e. The van der Waals surface area contributed by atoms with E-state index in [0.717, 1.165) is 55.4 Å². The number of nitrogens with one attached hydrogen (secondary N) is 4. The molecule has 0 radical (unpaired) electrons. The molecule has 3 rings (SSSR count). The Morgan fingerprint density at radius 2 is 1.66 bits per heavy atom. The summed E-state index contributed by atoms with van der Waals surface area (Å²) in [6.45, 7) is 5.19. The number of amides is 4. The molecule has 2 aliphatic heterocycles. The smallest absolute Gasteiger partial charge is 0.348 e. The molecule has 4 unspecified atom stereocenters. The second kappa shape index (κ2) is 17.5. The second-order valence-corrected chi connectivity index (χ2v) is 15.3. The van der Waals surface area contributed by atoms with Crippen molar-refractivity contribution < 1.29 is 28.0 Å². The van der Waals surface area contributed by atoms with E-state index in [1.54, 1.807) is 13.8 Å². The number of fused-ring (bicyclic) bond motifs is 1. The average molecular weight is 676 g/mol. The molecule has 0 aliphatic carbocycles. The number of halogens is 1. The molecular weight excluding hydrogens is 631 g/mol. The average Bonchev–Trinajstić information content (AvgIpc) is 3.51. The zero-order chi connectivity index (χ0) is 29.7. The third-order valence-corrected chi connectivity index (χ3v) is 12.8. The number of carbonyl (C=O) groups is 3. The van der Waals surface area contributed by atoms with Gasteiger partial charge in [0.15, 0.2) is 0 Å². The molecule has 0 bridgehead atoms. The molecule has 2 saturated heterocycles. The lowest BCUT2D eigenvalue weighted by Crippen LogP contribution is -2.36. The number of hydrogen-bond acceptors (Lipinski definition) is 7. The van der Waals surface area contributed by atoms with Crippen LogP contribution < -0.4 is 21.3 Å². The third-order valence-electron chi connectivity index (χ3n) is 7.12. The Morgan fingerprint density at radius 1 is 1.00 bits per heavy atom. The molecule has 4 N–H and O–H groups in total. The van der Waals surface area contributed by atoms with E-state index in [4.69, 9.17) is 9.05 Å². The highest BCUT2D eigenvalue weighted by Crippen LogP contribution is 2.63. The van der Waals surface area contributed by atoms with Crippen LogP contribution in [0.5, 0.6) is 0 Å². The van der Waals surface area contributed by atoms with Crippen LogP contribution >= 0.6 is 35.3 Å². The van der Waals surface area contributed by atoms with E-state index in [1.165, 1.54) is 0 Å². The standard InChI is InChI=1S/C28H44BrN4O6PS/c1-3-38-40(37,39-4-2)27(29)21-15-13-20(14-16-21)18-31-25(35)11-6-5-9-17-30-24(34)12-8-7-10-23-26-22(19-41-23)32-28(36)33-26/h13-16,22-23,26-27H,3-12,17-19H2,1-2H3,(H,30,34)(H,31,35)(H2,32,33,36). The van der Waals surface area contributed by atoms with E-state index < -0.39 is 12.2 Å². The molecular formula is C28H44BrN4O6PS. The summed E-state index contributed by atoms with van der Waals surface area (Å²) in [5, 5.41) is 12.3. The van der Waals surface area contributed by atoms with Gasteiger partial charge >= 0.3 is 13.6 Å². The first-order chi connectivity index (χ1) is 19.8.